The van der Waals surface area contributed by atoms with Crippen LogP contribution in [-0.2, 0) is 14.3 Å². The summed E-state index contributed by atoms with van der Waals surface area (Å²) in [4.78, 5) is 21.7. The summed E-state index contributed by atoms with van der Waals surface area (Å²) in [5, 5.41) is 11.3. The number of aliphatic carboxylic acids is 1. The first-order chi connectivity index (χ1) is 8.07. The minimum Gasteiger partial charge on any atom is -0.480 e. The second kappa shape index (κ2) is 10.4. The zero-order valence-corrected chi connectivity index (χ0v) is 10.8. The lowest BCUT2D eigenvalue weighted by Gasteiger charge is -2.06. The first kappa shape index (κ1) is 16.2. The molecule has 1 unspecified atom stereocenters. The molecule has 1 amide bonds. The molecule has 17 heavy (non-hydrogen) atoms. The molecule has 0 saturated heterocycles. The van der Waals surface area contributed by atoms with Gasteiger partial charge in [0.15, 0.2) is 0 Å². The van der Waals surface area contributed by atoms with Gasteiger partial charge in [0.2, 0.25) is 5.91 Å². The third-order valence-corrected chi connectivity index (χ3v) is 2.96. The van der Waals surface area contributed by atoms with Crippen molar-refractivity contribution < 1.29 is 19.4 Å². The van der Waals surface area contributed by atoms with E-state index in [4.69, 9.17) is 15.6 Å². The third kappa shape index (κ3) is 10.1. The molecule has 7 heteroatoms. The molecule has 0 aromatic carbocycles. The van der Waals surface area contributed by atoms with Crippen molar-refractivity contribution in [2.24, 2.45) is 5.73 Å². The van der Waals surface area contributed by atoms with Gasteiger partial charge < -0.3 is 20.9 Å². The number of carboxylic acids is 1. The van der Waals surface area contributed by atoms with Crippen molar-refractivity contribution >= 4 is 23.6 Å². The highest BCUT2D eigenvalue weighted by Gasteiger charge is 2.10. The van der Waals surface area contributed by atoms with E-state index in [1.54, 1.807) is 7.11 Å². The Kier molecular flexibility index (Phi) is 9.89. The maximum Gasteiger partial charge on any atom is 0.320 e. The van der Waals surface area contributed by atoms with Crippen LogP contribution in [0.3, 0.4) is 0 Å². The summed E-state index contributed by atoms with van der Waals surface area (Å²) < 4.78 is 4.84. The lowest BCUT2D eigenvalue weighted by atomic mass is 10.2. The number of hydrogen-bond acceptors (Lipinski definition) is 5. The van der Waals surface area contributed by atoms with Gasteiger partial charge in [-0.1, -0.05) is 0 Å². The zero-order chi connectivity index (χ0) is 13.1. The first-order valence-corrected chi connectivity index (χ1v) is 6.55. The smallest absolute Gasteiger partial charge is 0.320 e. The molecular weight excluding hydrogens is 244 g/mol. The van der Waals surface area contributed by atoms with Gasteiger partial charge in [-0.2, -0.15) is 11.8 Å². The van der Waals surface area contributed by atoms with Crippen LogP contribution in [0.2, 0.25) is 0 Å². The molecule has 1 atom stereocenters. The number of ether oxygens (including phenoxy) is 1. The van der Waals surface area contributed by atoms with Crippen LogP contribution in [0.25, 0.3) is 0 Å². The maximum absolute atomic E-state index is 11.3. The van der Waals surface area contributed by atoms with E-state index in [1.807, 2.05) is 0 Å². The molecule has 0 heterocycles. The summed E-state index contributed by atoms with van der Waals surface area (Å²) in [6.45, 7) is 1.22. The molecule has 0 aliphatic carbocycles. The van der Waals surface area contributed by atoms with Crippen LogP contribution in [0.4, 0.5) is 0 Å². The minimum atomic E-state index is -1.00. The molecule has 0 fully saturated rings. The molecule has 6 nitrogen and oxygen atoms in total. The van der Waals surface area contributed by atoms with E-state index < -0.39 is 12.0 Å². The number of carbonyl (C=O) groups excluding carboxylic acids is 1. The summed E-state index contributed by atoms with van der Waals surface area (Å²) in [6, 6.07) is -0.840. The van der Waals surface area contributed by atoms with E-state index in [0.29, 0.717) is 31.1 Å². The second-order valence-corrected chi connectivity index (χ2v) is 4.59. The number of nitrogens with one attached hydrogen (secondary N) is 1. The van der Waals surface area contributed by atoms with E-state index in [9.17, 15) is 9.59 Å². The molecular formula is C10H20N2O4S. The van der Waals surface area contributed by atoms with Gasteiger partial charge >= 0.3 is 5.97 Å². The van der Waals surface area contributed by atoms with E-state index in [1.165, 1.54) is 11.8 Å². The fourth-order valence-corrected chi connectivity index (χ4v) is 1.85. The average molecular weight is 264 g/mol. The average Bonchev–Trinajstić information content (AvgIpc) is 2.29. The quantitative estimate of drug-likeness (QED) is 0.467. The van der Waals surface area contributed by atoms with E-state index in [-0.39, 0.29) is 5.91 Å². The number of rotatable bonds is 10. The van der Waals surface area contributed by atoms with Gasteiger partial charge in [-0.3, -0.25) is 9.59 Å². The first-order valence-electron chi connectivity index (χ1n) is 5.39. The highest BCUT2D eigenvalue weighted by atomic mass is 32.2. The van der Waals surface area contributed by atoms with Crippen LogP contribution < -0.4 is 11.1 Å². The Balaban J connectivity index is 3.36. The SMILES string of the molecule is COCCCNC(=O)CSCCC(N)C(=O)O. The number of hydrogen-bond donors (Lipinski definition) is 3. The normalized spacial score (nSPS) is 12.1. The van der Waals surface area contributed by atoms with Crippen LogP contribution in [0, 0.1) is 0 Å². The Morgan fingerprint density at radius 2 is 2.24 bits per heavy atom. The van der Waals surface area contributed by atoms with Gasteiger partial charge in [0.05, 0.1) is 5.75 Å². The van der Waals surface area contributed by atoms with Gasteiger partial charge in [-0.25, -0.2) is 0 Å². The molecule has 0 spiro atoms. The van der Waals surface area contributed by atoms with Crippen LogP contribution in [-0.4, -0.2) is 54.8 Å². The summed E-state index contributed by atoms with van der Waals surface area (Å²) in [6.07, 6.45) is 1.16. The van der Waals surface area contributed by atoms with Crippen molar-refractivity contribution in [1.29, 1.82) is 0 Å². The van der Waals surface area contributed by atoms with Crippen LogP contribution in [0.5, 0.6) is 0 Å². The lowest BCUT2D eigenvalue weighted by molar-refractivity contribution is -0.138. The Hall–Kier alpha value is -0.790. The van der Waals surface area contributed by atoms with Crippen molar-refractivity contribution in [1.82, 2.24) is 5.32 Å². The molecule has 0 bridgehead atoms. The number of carbonyl (C=O) groups is 2. The maximum atomic E-state index is 11.3. The second-order valence-electron chi connectivity index (χ2n) is 3.48. The fraction of sp³-hybridized carbons (Fsp3) is 0.800. The largest absolute Gasteiger partial charge is 0.480 e. The monoisotopic (exact) mass is 264 g/mol. The van der Waals surface area contributed by atoms with Gasteiger partial charge in [-0.05, 0) is 18.6 Å². The predicted molar refractivity (Wildman–Crippen MR) is 67.1 cm³/mol. The summed E-state index contributed by atoms with van der Waals surface area (Å²) in [5.74, 6) is -0.150. The number of nitrogens with two attached hydrogens (primary N) is 1. The van der Waals surface area contributed by atoms with Crippen LogP contribution in [0.1, 0.15) is 12.8 Å². The van der Waals surface area contributed by atoms with Crippen LogP contribution >= 0.6 is 11.8 Å². The Morgan fingerprint density at radius 3 is 2.82 bits per heavy atom. The van der Waals surface area contributed by atoms with Crippen molar-refractivity contribution in [3.05, 3.63) is 0 Å². The minimum absolute atomic E-state index is 0.0463. The van der Waals surface area contributed by atoms with Gasteiger partial charge in [0.25, 0.3) is 0 Å². The Bertz CT molecular complexity index is 238. The van der Waals surface area contributed by atoms with Gasteiger partial charge in [0.1, 0.15) is 6.04 Å². The predicted octanol–water partition coefficient (Wildman–Crippen LogP) is -0.326. The summed E-state index contributed by atoms with van der Waals surface area (Å²) >= 11 is 1.38. The number of amides is 1. The van der Waals surface area contributed by atoms with E-state index in [2.05, 4.69) is 5.32 Å². The van der Waals surface area contributed by atoms with Crippen molar-refractivity contribution in [3.8, 4) is 0 Å². The molecule has 0 aromatic rings. The van der Waals surface area contributed by atoms with Crippen molar-refractivity contribution in [3.63, 3.8) is 0 Å². The molecule has 0 aliphatic heterocycles. The fourth-order valence-electron chi connectivity index (χ4n) is 0.994. The molecule has 0 radical (unpaired) electrons. The third-order valence-electron chi connectivity index (χ3n) is 1.97. The Labute approximate surface area is 105 Å². The van der Waals surface area contributed by atoms with E-state index >= 15 is 0 Å². The molecule has 0 aromatic heterocycles. The molecule has 0 aliphatic rings. The highest BCUT2D eigenvalue weighted by Crippen LogP contribution is 2.03. The molecule has 0 saturated carbocycles. The summed E-state index contributed by atoms with van der Waals surface area (Å²) in [5.41, 5.74) is 5.32. The zero-order valence-electron chi connectivity index (χ0n) is 9.98. The number of methoxy groups -OCH3 is 1. The summed E-state index contributed by atoms with van der Waals surface area (Å²) in [7, 11) is 1.61. The standard InChI is InChI=1S/C10H20N2O4S/c1-16-5-2-4-12-9(13)7-17-6-3-8(11)10(14)15/h8H,2-7,11H2,1H3,(H,12,13)(H,14,15). The van der Waals surface area contributed by atoms with Gasteiger partial charge in [-0.15, -0.1) is 0 Å². The van der Waals surface area contributed by atoms with Crippen LogP contribution in [0.15, 0.2) is 0 Å². The number of thioether (sulfide) groups is 1. The van der Waals surface area contributed by atoms with Gasteiger partial charge in [0, 0.05) is 20.3 Å². The molecule has 4 N–H and O–H groups in total. The van der Waals surface area contributed by atoms with Crippen molar-refractivity contribution in [2.75, 3.05) is 31.8 Å². The number of carboxylic acid groups (broad SMARTS) is 1. The topological polar surface area (TPSA) is 102 Å². The van der Waals surface area contributed by atoms with E-state index in [0.717, 1.165) is 6.42 Å². The molecule has 0 rings (SSSR count). The molecule has 100 valence electrons. The lowest BCUT2D eigenvalue weighted by Crippen LogP contribution is -2.31. The Morgan fingerprint density at radius 1 is 1.53 bits per heavy atom. The highest BCUT2D eigenvalue weighted by molar-refractivity contribution is 7.99. The van der Waals surface area contributed by atoms with Crippen molar-refractivity contribution in [2.45, 2.75) is 18.9 Å².